The summed E-state index contributed by atoms with van der Waals surface area (Å²) in [5.74, 6) is 1.70. The second kappa shape index (κ2) is 8.64. The van der Waals surface area contributed by atoms with Gasteiger partial charge in [0, 0.05) is 30.6 Å². The van der Waals surface area contributed by atoms with E-state index < -0.39 is 0 Å². The van der Waals surface area contributed by atoms with Crippen LogP contribution in [0.3, 0.4) is 0 Å². The number of carbonyl (C=O) groups is 2. The highest BCUT2D eigenvalue weighted by atomic mass is 16.5. The van der Waals surface area contributed by atoms with E-state index in [1.807, 2.05) is 30.3 Å². The predicted molar refractivity (Wildman–Crippen MR) is 111 cm³/mol. The van der Waals surface area contributed by atoms with Gasteiger partial charge in [-0.1, -0.05) is 25.1 Å². The van der Waals surface area contributed by atoms with E-state index in [4.69, 9.17) is 4.74 Å². The molecule has 0 spiro atoms. The van der Waals surface area contributed by atoms with Gasteiger partial charge in [-0.3, -0.25) is 9.59 Å². The van der Waals surface area contributed by atoms with Gasteiger partial charge in [0.15, 0.2) is 0 Å². The van der Waals surface area contributed by atoms with E-state index in [1.54, 1.807) is 17.2 Å². The number of para-hydroxylation sites is 1. The summed E-state index contributed by atoms with van der Waals surface area (Å²) in [6.07, 6.45) is 6.36. The van der Waals surface area contributed by atoms with Crippen molar-refractivity contribution < 1.29 is 14.3 Å². The van der Waals surface area contributed by atoms with Crippen LogP contribution in [-0.2, 0) is 16.1 Å². The number of fused-ring (bicyclic) bond motifs is 2. The first-order chi connectivity index (χ1) is 14.1. The topological polar surface area (TPSA) is 71.5 Å². The molecule has 1 fully saturated rings. The molecule has 1 aliphatic heterocycles. The molecule has 4 rings (SSSR count). The summed E-state index contributed by atoms with van der Waals surface area (Å²) < 4.78 is 5.93. The Bertz CT molecular complexity index is 890. The number of amides is 2. The Kier molecular flexibility index (Phi) is 5.79. The van der Waals surface area contributed by atoms with Gasteiger partial charge in [0.2, 0.25) is 17.7 Å². The maximum absolute atomic E-state index is 13.0. The zero-order valence-electron chi connectivity index (χ0n) is 16.8. The normalized spacial score (nSPS) is 20.7. The second-order valence-electron chi connectivity index (χ2n) is 8.04. The minimum absolute atomic E-state index is 0.0456. The molecule has 1 saturated carbocycles. The van der Waals surface area contributed by atoms with Crippen LogP contribution in [0.5, 0.6) is 11.6 Å². The molecule has 1 N–H and O–H groups in total. The molecule has 2 heterocycles. The van der Waals surface area contributed by atoms with Gasteiger partial charge in [-0.05, 0) is 49.8 Å². The molecule has 2 amide bonds. The minimum Gasteiger partial charge on any atom is -0.437 e. The van der Waals surface area contributed by atoms with E-state index in [-0.39, 0.29) is 30.7 Å². The van der Waals surface area contributed by atoms with E-state index >= 15 is 0 Å². The molecule has 0 radical (unpaired) electrons. The number of pyridine rings is 1. The van der Waals surface area contributed by atoms with Gasteiger partial charge in [-0.15, -0.1) is 0 Å². The Labute approximate surface area is 171 Å². The van der Waals surface area contributed by atoms with Crippen LogP contribution in [0.4, 0.5) is 5.69 Å². The van der Waals surface area contributed by atoms with E-state index in [1.165, 1.54) is 0 Å². The standard InChI is InChI=1S/C23H27N3O3/c1-16-8-10-18(11-9-16)25-21(27)12-13-22(28)26-15-17-5-2-3-7-20(17)29-23-19(26)6-4-14-24-23/h2-7,14,16,18H,8-13,15H2,1H3,(H,25,27). The van der Waals surface area contributed by atoms with Crippen LogP contribution in [0, 0.1) is 5.92 Å². The number of aromatic nitrogens is 1. The third kappa shape index (κ3) is 4.58. The molecule has 0 bridgehead atoms. The number of ether oxygens (including phenoxy) is 1. The van der Waals surface area contributed by atoms with Gasteiger partial charge < -0.3 is 15.0 Å². The van der Waals surface area contributed by atoms with Gasteiger partial charge in [-0.25, -0.2) is 4.98 Å². The third-order valence-corrected chi connectivity index (χ3v) is 5.80. The molecule has 0 unspecified atom stereocenters. The molecule has 152 valence electrons. The van der Waals surface area contributed by atoms with Crippen molar-refractivity contribution in [3.8, 4) is 11.6 Å². The lowest BCUT2D eigenvalue weighted by molar-refractivity contribution is -0.125. The quantitative estimate of drug-likeness (QED) is 0.845. The number of benzene rings is 1. The van der Waals surface area contributed by atoms with Crippen molar-refractivity contribution in [2.24, 2.45) is 5.92 Å². The van der Waals surface area contributed by atoms with Crippen molar-refractivity contribution in [1.29, 1.82) is 0 Å². The molecule has 29 heavy (non-hydrogen) atoms. The van der Waals surface area contributed by atoms with Crippen molar-refractivity contribution >= 4 is 17.5 Å². The Balaban J connectivity index is 1.42. The summed E-state index contributed by atoms with van der Waals surface area (Å²) in [5, 5.41) is 3.10. The maximum atomic E-state index is 13.0. The maximum Gasteiger partial charge on any atom is 0.243 e. The molecule has 1 aliphatic carbocycles. The number of anilines is 1. The van der Waals surface area contributed by atoms with Crippen molar-refractivity contribution in [2.45, 2.75) is 58.0 Å². The molecule has 6 nitrogen and oxygen atoms in total. The monoisotopic (exact) mass is 393 g/mol. The third-order valence-electron chi connectivity index (χ3n) is 5.80. The summed E-state index contributed by atoms with van der Waals surface area (Å²) in [4.78, 5) is 31.4. The van der Waals surface area contributed by atoms with Gasteiger partial charge in [0.05, 0.1) is 6.54 Å². The fourth-order valence-electron chi connectivity index (χ4n) is 4.04. The average Bonchev–Trinajstić information content (AvgIpc) is 2.90. The highest BCUT2D eigenvalue weighted by molar-refractivity contribution is 5.96. The van der Waals surface area contributed by atoms with Gasteiger partial charge in [-0.2, -0.15) is 0 Å². The predicted octanol–water partition coefficient (Wildman–Crippen LogP) is 4.20. The SMILES string of the molecule is CC1CCC(NC(=O)CCC(=O)N2Cc3ccccc3Oc3ncccc32)CC1. The molecular formula is C23H27N3O3. The van der Waals surface area contributed by atoms with Gasteiger partial charge in [0.1, 0.15) is 11.4 Å². The number of hydrogen-bond donors (Lipinski definition) is 1. The van der Waals surface area contributed by atoms with E-state index in [0.29, 0.717) is 23.9 Å². The summed E-state index contributed by atoms with van der Waals surface area (Å²) in [5.41, 5.74) is 1.55. The summed E-state index contributed by atoms with van der Waals surface area (Å²) in [7, 11) is 0. The van der Waals surface area contributed by atoms with Crippen LogP contribution in [0.15, 0.2) is 42.6 Å². The number of carbonyl (C=O) groups excluding carboxylic acids is 2. The van der Waals surface area contributed by atoms with Crippen LogP contribution >= 0.6 is 0 Å². The second-order valence-corrected chi connectivity index (χ2v) is 8.04. The minimum atomic E-state index is -0.105. The summed E-state index contributed by atoms with van der Waals surface area (Å²) in [6, 6.07) is 11.5. The number of nitrogens with one attached hydrogen (secondary N) is 1. The number of rotatable bonds is 4. The van der Waals surface area contributed by atoms with Crippen LogP contribution in [0.25, 0.3) is 0 Å². The lowest BCUT2D eigenvalue weighted by atomic mass is 9.87. The first-order valence-corrected chi connectivity index (χ1v) is 10.4. The fraction of sp³-hybridized carbons (Fsp3) is 0.435. The number of hydrogen-bond acceptors (Lipinski definition) is 4. The highest BCUT2D eigenvalue weighted by Gasteiger charge is 2.26. The van der Waals surface area contributed by atoms with E-state index in [2.05, 4.69) is 17.2 Å². The summed E-state index contributed by atoms with van der Waals surface area (Å²) >= 11 is 0. The number of nitrogens with zero attached hydrogens (tertiary/aromatic N) is 2. The summed E-state index contributed by atoms with van der Waals surface area (Å²) in [6.45, 7) is 2.66. The zero-order valence-corrected chi connectivity index (χ0v) is 16.8. The molecular weight excluding hydrogens is 366 g/mol. The average molecular weight is 393 g/mol. The van der Waals surface area contributed by atoms with Crippen molar-refractivity contribution in [3.05, 3.63) is 48.2 Å². The Morgan fingerprint density at radius 2 is 1.90 bits per heavy atom. The van der Waals surface area contributed by atoms with Gasteiger partial charge in [0.25, 0.3) is 0 Å². The fourth-order valence-corrected chi connectivity index (χ4v) is 4.04. The first kappa shape index (κ1) is 19.4. The molecule has 2 aliphatic rings. The van der Waals surface area contributed by atoms with Crippen molar-refractivity contribution in [1.82, 2.24) is 10.3 Å². The van der Waals surface area contributed by atoms with Gasteiger partial charge >= 0.3 is 0 Å². The smallest absolute Gasteiger partial charge is 0.243 e. The lowest BCUT2D eigenvalue weighted by Gasteiger charge is -2.27. The molecule has 6 heteroatoms. The lowest BCUT2D eigenvalue weighted by Crippen LogP contribution is -2.38. The molecule has 0 atom stereocenters. The molecule has 1 aromatic heterocycles. The van der Waals surface area contributed by atoms with Crippen LogP contribution in [0.1, 0.15) is 51.0 Å². The van der Waals surface area contributed by atoms with Crippen LogP contribution in [-0.4, -0.2) is 22.8 Å². The van der Waals surface area contributed by atoms with E-state index in [0.717, 1.165) is 37.2 Å². The van der Waals surface area contributed by atoms with Crippen molar-refractivity contribution in [3.63, 3.8) is 0 Å². The molecule has 2 aromatic rings. The zero-order chi connectivity index (χ0) is 20.2. The highest BCUT2D eigenvalue weighted by Crippen LogP contribution is 2.37. The van der Waals surface area contributed by atoms with Crippen LogP contribution < -0.4 is 15.0 Å². The van der Waals surface area contributed by atoms with Crippen LogP contribution in [0.2, 0.25) is 0 Å². The Hall–Kier alpha value is -2.89. The molecule has 1 aromatic carbocycles. The largest absolute Gasteiger partial charge is 0.437 e. The Morgan fingerprint density at radius 3 is 2.72 bits per heavy atom. The molecule has 0 saturated heterocycles. The first-order valence-electron chi connectivity index (χ1n) is 10.4. The van der Waals surface area contributed by atoms with Crippen molar-refractivity contribution in [2.75, 3.05) is 4.90 Å². The Morgan fingerprint density at radius 1 is 1.10 bits per heavy atom. The van der Waals surface area contributed by atoms with E-state index in [9.17, 15) is 9.59 Å².